The van der Waals surface area contributed by atoms with Crippen LogP contribution >= 0.6 is 0 Å². The molecular weight excluding hydrogens is 446 g/mol. The lowest BCUT2D eigenvalue weighted by Gasteiger charge is -2.32. The minimum Gasteiger partial charge on any atom is -0.365 e. The molecule has 0 aliphatic carbocycles. The summed E-state index contributed by atoms with van der Waals surface area (Å²) in [4.78, 5) is 17.5. The summed E-state index contributed by atoms with van der Waals surface area (Å²) in [6, 6.07) is 7.27. The molecule has 0 radical (unpaired) electrons. The third-order valence-electron chi connectivity index (χ3n) is 6.82. The van der Waals surface area contributed by atoms with E-state index in [4.69, 9.17) is 0 Å². The van der Waals surface area contributed by atoms with Crippen LogP contribution in [0.4, 0.5) is 26.1 Å². The van der Waals surface area contributed by atoms with Crippen LogP contribution in [0.25, 0.3) is 17.3 Å². The highest BCUT2D eigenvalue weighted by Gasteiger charge is 2.22. The molecule has 1 N–H and O–H groups in total. The van der Waals surface area contributed by atoms with Gasteiger partial charge in [-0.1, -0.05) is 12.2 Å². The standard InChI is InChI=1S/C27H30F2N6/c1-17(2)35-10-4-5-21-22(28)13-19(14-25(21)35)26-23(29)16-31-27(33-26)32-20-6-7-24(30-15-20)18-8-11-34(3)12-9-18/h4-7,13-18H,8-12H2,1-3H3,(H,31,32,33). The zero-order chi connectivity index (χ0) is 24.5. The molecule has 0 spiro atoms. The highest BCUT2D eigenvalue weighted by molar-refractivity contribution is 5.78. The van der Waals surface area contributed by atoms with Crippen LogP contribution in [0.2, 0.25) is 0 Å². The molecule has 8 heteroatoms. The fraction of sp³-hybridized carbons (Fsp3) is 0.370. The Morgan fingerprint density at radius 3 is 2.54 bits per heavy atom. The van der Waals surface area contributed by atoms with E-state index >= 15 is 0 Å². The SMILES string of the molecule is CC(C)N1CC=Cc2c(F)cc(-c3nc(Nc4ccc(C5CCN(C)CC5)nc4)ncc3F)cc21. The molecule has 0 amide bonds. The average Bonchev–Trinajstić information content (AvgIpc) is 2.86. The van der Waals surface area contributed by atoms with Crippen molar-refractivity contribution in [3.05, 3.63) is 65.6 Å². The van der Waals surface area contributed by atoms with Gasteiger partial charge in [0.05, 0.1) is 18.1 Å². The minimum atomic E-state index is -0.604. The van der Waals surface area contributed by atoms with Gasteiger partial charge < -0.3 is 15.1 Å². The van der Waals surface area contributed by atoms with Crippen LogP contribution in [-0.4, -0.2) is 52.6 Å². The zero-order valence-corrected chi connectivity index (χ0v) is 20.3. The third-order valence-corrected chi connectivity index (χ3v) is 6.82. The summed E-state index contributed by atoms with van der Waals surface area (Å²) in [5.74, 6) is -0.310. The second kappa shape index (κ2) is 9.70. The molecule has 0 atom stereocenters. The van der Waals surface area contributed by atoms with Gasteiger partial charge in [-0.05, 0) is 71.1 Å². The highest BCUT2D eigenvalue weighted by atomic mass is 19.1. The Bertz CT molecular complexity index is 1230. The molecule has 1 fully saturated rings. The molecule has 6 nitrogen and oxygen atoms in total. The number of benzene rings is 1. The van der Waals surface area contributed by atoms with Crippen LogP contribution in [-0.2, 0) is 0 Å². The van der Waals surface area contributed by atoms with E-state index in [1.54, 1.807) is 18.3 Å². The number of piperidine rings is 1. The van der Waals surface area contributed by atoms with Gasteiger partial charge in [0.1, 0.15) is 11.5 Å². The van der Waals surface area contributed by atoms with Crippen LogP contribution in [0.5, 0.6) is 0 Å². The summed E-state index contributed by atoms with van der Waals surface area (Å²) >= 11 is 0. The predicted molar refractivity (Wildman–Crippen MR) is 136 cm³/mol. The number of hydrogen-bond acceptors (Lipinski definition) is 6. The van der Waals surface area contributed by atoms with Crippen molar-refractivity contribution in [2.45, 2.75) is 38.6 Å². The van der Waals surface area contributed by atoms with Gasteiger partial charge in [-0.3, -0.25) is 4.98 Å². The number of anilines is 3. The topological polar surface area (TPSA) is 57.2 Å². The first kappa shape index (κ1) is 23.4. The highest BCUT2D eigenvalue weighted by Crippen LogP contribution is 2.35. The van der Waals surface area contributed by atoms with Crippen LogP contribution in [0.15, 0.2) is 42.7 Å². The first-order valence-corrected chi connectivity index (χ1v) is 12.1. The van der Waals surface area contributed by atoms with Crippen molar-refractivity contribution >= 4 is 23.4 Å². The molecule has 3 aromatic rings. The van der Waals surface area contributed by atoms with E-state index in [0.29, 0.717) is 29.3 Å². The summed E-state index contributed by atoms with van der Waals surface area (Å²) in [7, 11) is 2.14. The number of likely N-dealkylation sites (tertiary alicyclic amines) is 1. The smallest absolute Gasteiger partial charge is 0.227 e. The Kier molecular flexibility index (Phi) is 6.47. The predicted octanol–water partition coefficient (Wildman–Crippen LogP) is 5.61. The molecule has 0 saturated carbocycles. The van der Waals surface area contributed by atoms with Crippen molar-refractivity contribution in [1.29, 1.82) is 0 Å². The minimum absolute atomic E-state index is 0.0540. The molecule has 1 aromatic carbocycles. The van der Waals surface area contributed by atoms with Gasteiger partial charge in [-0.25, -0.2) is 18.7 Å². The zero-order valence-electron chi connectivity index (χ0n) is 20.3. The number of halogens is 2. The molecule has 35 heavy (non-hydrogen) atoms. The first-order chi connectivity index (χ1) is 16.9. The number of rotatable bonds is 5. The Hall–Kier alpha value is -3.39. The number of nitrogens with one attached hydrogen (secondary N) is 1. The summed E-state index contributed by atoms with van der Waals surface area (Å²) in [5, 5.41) is 3.11. The molecule has 0 unspecified atom stereocenters. The van der Waals surface area contributed by atoms with E-state index in [2.05, 4.69) is 37.1 Å². The van der Waals surface area contributed by atoms with Crippen LogP contribution in [0, 0.1) is 11.6 Å². The lowest BCUT2D eigenvalue weighted by atomic mass is 9.93. The normalized spacial score (nSPS) is 16.6. The van der Waals surface area contributed by atoms with E-state index in [9.17, 15) is 8.78 Å². The lowest BCUT2D eigenvalue weighted by molar-refractivity contribution is 0.253. The van der Waals surface area contributed by atoms with Gasteiger partial charge in [0.25, 0.3) is 0 Å². The maximum atomic E-state index is 15.0. The van der Waals surface area contributed by atoms with E-state index in [0.717, 1.165) is 43.5 Å². The van der Waals surface area contributed by atoms with Gasteiger partial charge in [0.15, 0.2) is 5.82 Å². The van der Waals surface area contributed by atoms with Crippen LogP contribution in [0.3, 0.4) is 0 Å². The maximum absolute atomic E-state index is 15.0. The molecule has 182 valence electrons. The monoisotopic (exact) mass is 476 g/mol. The van der Waals surface area contributed by atoms with Gasteiger partial charge in [-0.2, -0.15) is 0 Å². The summed E-state index contributed by atoms with van der Waals surface area (Å²) in [5.41, 5.74) is 3.47. The van der Waals surface area contributed by atoms with Crippen LogP contribution < -0.4 is 10.2 Å². The van der Waals surface area contributed by atoms with Crippen molar-refractivity contribution in [3.8, 4) is 11.3 Å². The average molecular weight is 477 g/mol. The number of hydrogen-bond donors (Lipinski definition) is 1. The maximum Gasteiger partial charge on any atom is 0.227 e. The van der Waals surface area contributed by atoms with E-state index < -0.39 is 11.6 Å². The Morgan fingerprint density at radius 2 is 1.83 bits per heavy atom. The molecule has 4 heterocycles. The van der Waals surface area contributed by atoms with E-state index in [1.807, 2.05) is 32.1 Å². The van der Waals surface area contributed by atoms with Crippen molar-refractivity contribution in [3.63, 3.8) is 0 Å². The van der Waals surface area contributed by atoms with Gasteiger partial charge in [-0.15, -0.1) is 0 Å². The molecular formula is C27H30F2N6. The Morgan fingerprint density at radius 1 is 1.03 bits per heavy atom. The van der Waals surface area contributed by atoms with E-state index in [-0.39, 0.29) is 17.7 Å². The summed E-state index contributed by atoms with van der Waals surface area (Å²) in [6.45, 7) is 6.92. The van der Waals surface area contributed by atoms with Crippen molar-refractivity contribution in [2.75, 3.05) is 36.9 Å². The van der Waals surface area contributed by atoms with Gasteiger partial charge in [0.2, 0.25) is 5.95 Å². The summed E-state index contributed by atoms with van der Waals surface area (Å²) < 4.78 is 29.8. The third kappa shape index (κ3) is 4.89. The molecule has 2 aromatic heterocycles. The van der Waals surface area contributed by atoms with Crippen molar-refractivity contribution < 1.29 is 8.78 Å². The Labute approximate surface area is 204 Å². The van der Waals surface area contributed by atoms with Crippen LogP contribution in [0.1, 0.15) is 43.9 Å². The van der Waals surface area contributed by atoms with Gasteiger partial charge >= 0.3 is 0 Å². The molecule has 1 saturated heterocycles. The van der Waals surface area contributed by atoms with Crippen molar-refractivity contribution in [2.24, 2.45) is 0 Å². The number of pyridine rings is 1. The molecule has 2 aliphatic heterocycles. The second-order valence-corrected chi connectivity index (χ2v) is 9.60. The fourth-order valence-corrected chi connectivity index (χ4v) is 4.80. The first-order valence-electron chi connectivity index (χ1n) is 12.1. The number of aromatic nitrogens is 3. The van der Waals surface area contributed by atoms with E-state index in [1.165, 1.54) is 6.07 Å². The largest absolute Gasteiger partial charge is 0.365 e. The molecule has 2 aliphatic rings. The number of nitrogens with zero attached hydrogens (tertiary/aromatic N) is 5. The Balaban J connectivity index is 1.40. The van der Waals surface area contributed by atoms with Crippen molar-refractivity contribution in [1.82, 2.24) is 19.9 Å². The summed E-state index contributed by atoms with van der Waals surface area (Å²) in [6.07, 6.45) is 8.78. The molecule has 5 rings (SSSR count). The van der Waals surface area contributed by atoms with Gasteiger partial charge in [0, 0.05) is 41.0 Å². The quantitative estimate of drug-likeness (QED) is 0.517. The lowest BCUT2D eigenvalue weighted by Crippen LogP contribution is -2.33. The number of fused-ring (bicyclic) bond motifs is 1. The second-order valence-electron chi connectivity index (χ2n) is 9.60. The fourth-order valence-electron chi connectivity index (χ4n) is 4.80. The molecule has 0 bridgehead atoms.